The van der Waals surface area contributed by atoms with E-state index in [-0.39, 0.29) is 7.43 Å². The van der Waals surface area contributed by atoms with E-state index in [9.17, 15) is 5.41 Å². The fraction of sp³-hybridized carbons (Fsp3) is 0.652. The van der Waals surface area contributed by atoms with E-state index in [1.54, 1.807) is 0 Å². The summed E-state index contributed by atoms with van der Waals surface area (Å²) in [5.41, 5.74) is 2.24. The van der Waals surface area contributed by atoms with E-state index < -0.39 is 17.0 Å². The van der Waals surface area contributed by atoms with Crippen molar-refractivity contribution in [2.24, 2.45) is 29.6 Å². The molecule has 0 spiro atoms. The summed E-state index contributed by atoms with van der Waals surface area (Å²) in [5, 5.41) is 9.91. The third-order valence-corrected chi connectivity index (χ3v) is 6.85. The van der Waals surface area contributed by atoms with Gasteiger partial charge in [-0.05, 0) is 53.8 Å². The first-order valence-corrected chi connectivity index (χ1v) is 14.4. The molecule has 0 N–H and O–H groups in total. The van der Waals surface area contributed by atoms with Crippen LogP contribution in [0.2, 0.25) is 0 Å². The molecule has 2 aliphatic rings. The summed E-state index contributed by atoms with van der Waals surface area (Å²) < 4.78 is 0. The van der Waals surface area contributed by atoms with Crippen molar-refractivity contribution < 1.29 is 17.0 Å². The number of benzene rings is 1. The Morgan fingerprint density at radius 3 is 1.79 bits per heavy atom. The second-order valence-electron chi connectivity index (χ2n) is 8.12. The molecule has 1 heterocycles. The number of amidine groups is 1. The molecule has 1 aliphatic carbocycles. The predicted octanol–water partition coefficient (Wildman–Crippen LogP) is 7.63. The summed E-state index contributed by atoms with van der Waals surface area (Å²) in [7, 11) is 9.78. The van der Waals surface area contributed by atoms with Gasteiger partial charge in [0.2, 0.25) is 0 Å². The summed E-state index contributed by atoms with van der Waals surface area (Å²) in [5.74, 6) is 5.13. The van der Waals surface area contributed by atoms with Gasteiger partial charge >= 0.3 is 35.6 Å². The van der Waals surface area contributed by atoms with Gasteiger partial charge in [0.15, 0.2) is 0 Å². The maximum atomic E-state index is 9.91. The van der Waals surface area contributed by atoms with Gasteiger partial charge in [-0.1, -0.05) is 84.5 Å². The van der Waals surface area contributed by atoms with Crippen LogP contribution < -0.4 is 0 Å². The molecule has 0 atom stereocenters. The summed E-state index contributed by atoms with van der Waals surface area (Å²) in [6.07, 6.45) is 2.30. The number of halogens is 2. The standard InChI is InChI=1S/C12H15N2.C10H20.CH3.2ClH.Ti/c1-2-3-8-14-9-10-6-4-5-7-11(10)12(14)13;1-6-7(2)9(4)10(5)8(6)3;;;;/h4-7H,2-3,8-9H2,1H3;6-10H,1-5H3;1H3;2*1H;/q-1;;-1;;;+2/p-2. The Morgan fingerprint density at radius 2 is 1.39 bits per heavy atom. The molecule has 0 amide bonds. The molecule has 1 aromatic carbocycles. The van der Waals surface area contributed by atoms with Gasteiger partial charge in [-0.15, -0.1) is 0 Å². The average molecular weight is 461 g/mol. The molecule has 3 rings (SSSR count). The van der Waals surface area contributed by atoms with Crippen molar-refractivity contribution in [1.82, 2.24) is 4.90 Å². The average Bonchev–Trinajstić information content (AvgIpc) is 3.07. The van der Waals surface area contributed by atoms with Crippen molar-refractivity contribution in [2.75, 3.05) is 6.54 Å². The molecule has 0 radical (unpaired) electrons. The van der Waals surface area contributed by atoms with E-state index in [1.165, 1.54) is 12.0 Å². The first kappa shape index (κ1) is 28.0. The molecule has 160 valence electrons. The topological polar surface area (TPSA) is 25.5 Å². The molecular weight excluding hydrogens is 423 g/mol. The number of rotatable bonds is 3. The van der Waals surface area contributed by atoms with E-state index in [1.807, 2.05) is 23.1 Å². The third-order valence-electron chi connectivity index (χ3n) is 6.85. The molecule has 1 aliphatic heterocycles. The SMILES string of the molecule is CC1C(C)C(C)C(C)C1C.CCCCN1Cc2ccccc2C1=[N-].[CH3-].[Cl][Ti][Cl]. The molecule has 0 unspecified atom stereocenters. The molecule has 0 aromatic heterocycles. The van der Waals surface area contributed by atoms with Gasteiger partial charge in [-0.3, -0.25) is 0 Å². The van der Waals surface area contributed by atoms with Crippen LogP contribution in [0.4, 0.5) is 0 Å². The quantitative estimate of drug-likeness (QED) is 0.336. The van der Waals surface area contributed by atoms with E-state index in [2.05, 4.69) is 47.6 Å². The minimum atomic E-state index is -0.556. The Kier molecular flexibility index (Phi) is 14.1. The van der Waals surface area contributed by atoms with E-state index >= 15 is 0 Å². The van der Waals surface area contributed by atoms with Gasteiger partial charge in [-0.2, -0.15) is 0 Å². The van der Waals surface area contributed by atoms with Crippen LogP contribution in [-0.4, -0.2) is 17.3 Å². The van der Waals surface area contributed by atoms with Crippen molar-refractivity contribution in [3.8, 4) is 0 Å². The van der Waals surface area contributed by atoms with Crippen LogP contribution >= 0.6 is 18.6 Å². The van der Waals surface area contributed by atoms with Crippen molar-refractivity contribution in [3.63, 3.8) is 0 Å². The van der Waals surface area contributed by atoms with Crippen LogP contribution in [0.3, 0.4) is 0 Å². The van der Waals surface area contributed by atoms with Gasteiger partial charge in [0.05, 0.1) is 0 Å². The number of fused-ring (bicyclic) bond motifs is 1. The zero-order chi connectivity index (χ0) is 20.6. The molecule has 5 heteroatoms. The Morgan fingerprint density at radius 1 is 0.964 bits per heavy atom. The Balaban J connectivity index is 0.000000461. The van der Waals surface area contributed by atoms with Crippen molar-refractivity contribution in [1.29, 1.82) is 0 Å². The molecule has 0 bridgehead atoms. The van der Waals surface area contributed by atoms with Gasteiger partial charge in [0, 0.05) is 0 Å². The predicted molar refractivity (Wildman–Crippen MR) is 123 cm³/mol. The number of hydrogen-bond donors (Lipinski definition) is 0. The van der Waals surface area contributed by atoms with E-state index in [4.69, 9.17) is 18.6 Å². The molecule has 0 saturated heterocycles. The number of hydrogen-bond acceptors (Lipinski definition) is 0. The monoisotopic (exact) mass is 460 g/mol. The van der Waals surface area contributed by atoms with Gasteiger partial charge in [0.1, 0.15) is 0 Å². The fourth-order valence-corrected chi connectivity index (χ4v) is 4.26. The third kappa shape index (κ3) is 7.35. The molecule has 1 aromatic rings. The van der Waals surface area contributed by atoms with Crippen LogP contribution in [0, 0.1) is 37.0 Å². The van der Waals surface area contributed by atoms with Crippen molar-refractivity contribution >= 4 is 24.4 Å². The van der Waals surface area contributed by atoms with Gasteiger partial charge < -0.3 is 17.7 Å². The van der Waals surface area contributed by atoms with Gasteiger partial charge in [0.25, 0.3) is 0 Å². The molecule has 1 fully saturated rings. The van der Waals surface area contributed by atoms with Crippen LogP contribution in [0.25, 0.3) is 5.41 Å². The van der Waals surface area contributed by atoms with Crippen LogP contribution in [0.15, 0.2) is 24.3 Å². The molecular formula is C23H38Cl2N2Ti-2. The Bertz CT molecular complexity index is 537. The first-order valence-electron chi connectivity index (χ1n) is 10.1. The van der Waals surface area contributed by atoms with Crippen LogP contribution in [0.1, 0.15) is 65.5 Å². The van der Waals surface area contributed by atoms with E-state index in [0.717, 1.165) is 54.7 Å². The maximum absolute atomic E-state index is 9.91. The molecule has 2 nitrogen and oxygen atoms in total. The number of nitrogens with zero attached hydrogens (tertiary/aromatic N) is 2. The first-order chi connectivity index (χ1) is 12.8. The second-order valence-corrected chi connectivity index (χ2v) is 10.7. The zero-order valence-corrected chi connectivity index (χ0v) is 21.7. The Labute approximate surface area is 191 Å². The van der Waals surface area contributed by atoms with Crippen molar-refractivity contribution in [2.45, 2.75) is 60.9 Å². The van der Waals surface area contributed by atoms with E-state index in [0.29, 0.717) is 5.84 Å². The van der Waals surface area contributed by atoms with Gasteiger partial charge in [-0.25, -0.2) is 0 Å². The fourth-order valence-electron chi connectivity index (χ4n) is 4.26. The minimum absolute atomic E-state index is 0. The van der Waals surface area contributed by atoms with Crippen LogP contribution in [-0.2, 0) is 23.6 Å². The zero-order valence-electron chi connectivity index (χ0n) is 18.7. The van der Waals surface area contributed by atoms with Crippen molar-refractivity contribution in [3.05, 3.63) is 48.2 Å². The molecule has 28 heavy (non-hydrogen) atoms. The summed E-state index contributed by atoms with van der Waals surface area (Å²) in [4.78, 5) is 2.05. The summed E-state index contributed by atoms with van der Waals surface area (Å²) in [6.45, 7) is 16.0. The summed E-state index contributed by atoms with van der Waals surface area (Å²) >= 11 is -0.556. The normalized spacial score (nSPS) is 27.6. The van der Waals surface area contributed by atoms with Crippen LogP contribution in [0.5, 0.6) is 0 Å². The Hall–Kier alpha value is -0.0157. The summed E-state index contributed by atoms with van der Waals surface area (Å²) in [6, 6.07) is 8.06. The molecule has 1 saturated carbocycles. The number of unbranched alkanes of at least 4 members (excludes halogenated alkanes) is 1. The second kappa shape index (κ2) is 14.1.